The van der Waals surface area contributed by atoms with Crippen molar-refractivity contribution in [3.8, 4) is 5.75 Å². The summed E-state index contributed by atoms with van der Waals surface area (Å²) in [6.45, 7) is 12.3. The van der Waals surface area contributed by atoms with E-state index in [-0.39, 0.29) is 11.9 Å². The zero-order chi connectivity index (χ0) is 21.8. The topological polar surface area (TPSA) is 65.1 Å². The molecule has 1 atom stereocenters. The molecule has 0 radical (unpaired) electrons. The molecule has 162 valence electrons. The van der Waals surface area contributed by atoms with Crippen molar-refractivity contribution in [2.45, 2.75) is 65.6 Å². The maximum absolute atomic E-state index is 12.5. The lowest BCUT2D eigenvalue weighted by atomic mass is 9.97. The van der Waals surface area contributed by atoms with Gasteiger partial charge >= 0.3 is 11.9 Å². The van der Waals surface area contributed by atoms with E-state index in [1.807, 2.05) is 39.8 Å². The van der Waals surface area contributed by atoms with E-state index in [9.17, 15) is 9.59 Å². The van der Waals surface area contributed by atoms with E-state index in [0.717, 1.165) is 25.1 Å². The van der Waals surface area contributed by atoms with Gasteiger partial charge in [0.2, 0.25) is 0 Å². The Kier molecular flexibility index (Phi) is 7.44. The summed E-state index contributed by atoms with van der Waals surface area (Å²) in [5.74, 6) is -0.374. The average molecular weight is 426 g/mol. The highest BCUT2D eigenvalue weighted by Crippen LogP contribution is 2.34. The van der Waals surface area contributed by atoms with Crippen LogP contribution in [0, 0.1) is 5.92 Å². The molecule has 29 heavy (non-hydrogen) atoms. The molecular formula is C22H32ClNO5. The van der Waals surface area contributed by atoms with Crippen LogP contribution in [0.15, 0.2) is 18.2 Å². The molecule has 0 spiro atoms. The summed E-state index contributed by atoms with van der Waals surface area (Å²) in [6, 6.07) is 5.44. The van der Waals surface area contributed by atoms with Crippen molar-refractivity contribution < 1.29 is 23.8 Å². The zero-order valence-corrected chi connectivity index (χ0v) is 19.0. The largest absolute Gasteiger partial charge is 0.475 e. The number of piperidine rings is 1. The van der Waals surface area contributed by atoms with Gasteiger partial charge in [-0.1, -0.05) is 11.6 Å². The number of anilines is 1. The van der Waals surface area contributed by atoms with Crippen molar-refractivity contribution in [3.63, 3.8) is 0 Å². The van der Waals surface area contributed by atoms with E-state index in [2.05, 4.69) is 4.90 Å². The van der Waals surface area contributed by atoms with Gasteiger partial charge in [0.1, 0.15) is 11.4 Å². The van der Waals surface area contributed by atoms with Crippen LogP contribution in [-0.2, 0) is 19.1 Å². The van der Waals surface area contributed by atoms with Crippen LogP contribution in [0.2, 0.25) is 5.02 Å². The molecule has 0 saturated carbocycles. The molecule has 1 aromatic carbocycles. The second-order valence-electron chi connectivity index (χ2n) is 8.77. The summed E-state index contributed by atoms with van der Waals surface area (Å²) >= 11 is 6.33. The molecule has 2 rings (SSSR count). The maximum Gasteiger partial charge on any atom is 0.350 e. The SMILES string of the molecule is CCOC(=O)[C@@H]1CCCN(c2ccc(Cl)c(OC(C)(C)C(=O)OC(C)(C)C)c2)C1. The molecule has 1 fully saturated rings. The maximum atomic E-state index is 12.5. The minimum absolute atomic E-state index is 0.151. The lowest BCUT2D eigenvalue weighted by molar-refractivity contribution is -0.170. The number of hydrogen-bond donors (Lipinski definition) is 0. The van der Waals surface area contributed by atoms with E-state index < -0.39 is 17.2 Å². The lowest BCUT2D eigenvalue weighted by Crippen LogP contribution is -2.43. The summed E-state index contributed by atoms with van der Waals surface area (Å²) in [6.07, 6.45) is 1.71. The fourth-order valence-corrected chi connectivity index (χ4v) is 3.30. The Balaban J connectivity index is 2.17. The quantitative estimate of drug-likeness (QED) is 0.619. The van der Waals surface area contributed by atoms with Gasteiger partial charge in [-0.25, -0.2) is 4.79 Å². The van der Waals surface area contributed by atoms with Gasteiger partial charge in [0.15, 0.2) is 5.60 Å². The highest BCUT2D eigenvalue weighted by atomic mass is 35.5. The van der Waals surface area contributed by atoms with E-state index in [1.54, 1.807) is 19.9 Å². The van der Waals surface area contributed by atoms with Gasteiger partial charge in [0.25, 0.3) is 0 Å². The molecule has 1 heterocycles. The number of nitrogens with zero attached hydrogens (tertiary/aromatic N) is 1. The average Bonchev–Trinajstić information content (AvgIpc) is 2.62. The van der Waals surface area contributed by atoms with Crippen molar-refractivity contribution in [2.24, 2.45) is 5.92 Å². The van der Waals surface area contributed by atoms with Crippen LogP contribution in [0.25, 0.3) is 0 Å². The molecule has 1 saturated heterocycles. The van der Waals surface area contributed by atoms with E-state index >= 15 is 0 Å². The fraction of sp³-hybridized carbons (Fsp3) is 0.636. The van der Waals surface area contributed by atoms with E-state index in [0.29, 0.717) is 23.9 Å². The first-order valence-electron chi connectivity index (χ1n) is 10.1. The number of esters is 2. The molecule has 0 bridgehead atoms. The molecule has 6 nitrogen and oxygen atoms in total. The highest BCUT2D eigenvalue weighted by molar-refractivity contribution is 6.32. The molecule has 0 N–H and O–H groups in total. The molecule has 0 aliphatic carbocycles. The normalized spacial score (nSPS) is 17.6. The van der Waals surface area contributed by atoms with E-state index in [4.69, 9.17) is 25.8 Å². The first kappa shape index (κ1) is 23.3. The third-order valence-electron chi connectivity index (χ3n) is 4.58. The molecule has 0 amide bonds. The van der Waals surface area contributed by atoms with Gasteiger partial charge in [0.05, 0.1) is 17.5 Å². The predicted molar refractivity (Wildman–Crippen MR) is 114 cm³/mol. The molecule has 0 aromatic heterocycles. The first-order valence-corrected chi connectivity index (χ1v) is 10.4. The number of hydrogen-bond acceptors (Lipinski definition) is 6. The number of carbonyl (C=O) groups is 2. The second kappa shape index (κ2) is 9.24. The Morgan fingerprint density at radius 3 is 2.52 bits per heavy atom. The third kappa shape index (κ3) is 6.53. The Bertz CT molecular complexity index is 741. The van der Waals surface area contributed by atoms with Crippen molar-refractivity contribution in [2.75, 3.05) is 24.6 Å². The van der Waals surface area contributed by atoms with Crippen LogP contribution < -0.4 is 9.64 Å². The van der Waals surface area contributed by atoms with Gasteiger partial charge in [-0.05, 0) is 66.5 Å². The minimum Gasteiger partial charge on any atom is -0.475 e. The first-order chi connectivity index (χ1) is 13.4. The molecule has 1 aliphatic heterocycles. The summed E-state index contributed by atoms with van der Waals surface area (Å²) in [7, 11) is 0. The molecule has 7 heteroatoms. The van der Waals surface area contributed by atoms with Crippen LogP contribution in [0.1, 0.15) is 54.4 Å². The molecule has 1 aromatic rings. The number of halogens is 1. The summed E-state index contributed by atoms with van der Waals surface area (Å²) < 4.78 is 16.6. The van der Waals surface area contributed by atoms with Crippen molar-refractivity contribution >= 4 is 29.2 Å². The summed E-state index contributed by atoms with van der Waals surface area (Å²) in [4.78, 5) is 26.8. The van der Waals surface area contributed by atoms with Crippen LogP contribution in [0.3, 0.4) is 0 Å². The third-order valence-corrected chi connectivity index (χ3v) is 4.89. The van der Waals surface area contributed by atoms with Crippen LogP contribution in [-0.4, -0.2) is 42.8 Å². The van der Waals surface area contributed by atoms with Gasteiger partial charge in [0, 0.05) is 24.8 Å². The Labute approximate surface area is 178 Å². The number of benzene rings is 1. The van der Waals surface area contributed by atoms with Crippen molar-refractivity contribution in [1.29, 1.82) is 0 Å². The molecule has 0 unspecified atom stereocenters. The molecular weight excluding hydrogens is 394 g/mol. The smallest absolute Gasteiger partial charge is 0.350 e. The van der Waals surface area contributed by atoms with Crippen LogP contribution >= 0.6 is 11.6 Å². The van der Waals surface area contributed by atoms with Gasteiger partial charge in [-0.2, -0.15) is 0 Å². The predicted octanol–water partition coefficient (Wildman–Crippen LogP) is 4.62. The second-order valence-corrected chi connectivity index (χ2v) is 9.17. The van der Waals surface area contributed by atoms with Crippen LogP contribution in [0.4, 0.5) is 5.69 Å². The van der Waals surface area contributed by atoms with Crippen molar-refractivity contribution in [1.82, 2.24) is 0 Å². The Morgan fingerprint density at radius 1 is 1.21 bits per heavy atom. The summed E-state index contributed by atoms with van der Waals surface area (Å²) in [5.41, 5.74) is -0.928. The number of carbonyl (C=O) groups excluding carboxylic acids is 2. The van der Waals surface area contributed by atoms with Gasteiger partial charge in [-0.15, -0.1) is 0 Å². The molecule has 1 aliphatic rings. The number of rotatable bonds is 6. The minimum atomic E-state index is -1.20. The Hall–Kier alpha value is -1.95. The summed E-state index contributed by atoms with van der Waals surface area (Å²) in [5, 5.41) is 0.407. The standard InChI is InChI=1S/C22H32ClNO5/c1-7-27-19(25)15-9-8-12-24(14-15)16-10-11-17(23)18(13-16)28-22(5,6)20(26)29-21(2,3)4/h10-11,13,15H,7-9,12,14H2,1-6H3/t15-/m1/s1. The number of ether oxygens (including phenoxy) is 3. The highest BCUT2D eigenvalue weighted by Gasteiger charge is 2.35. The monoisotopic (exact) mass is 425 g/mol. The van der Waals surface area contributed by atoms with Crippen molar-refractivity contribution in [3.05, 3.63) is 23.2 Å². The zero-order valence-electron chi connectivity index (χ0n) is 18.2. The van der Waals surface area contributed by atoms with Gasteiger partial charge in [-0.3, -0.25) is 4.79 Å². The lowest BCUT2D eigenvalue weighted by Gasteiger charge is -2.34. The fourth-order valence-electron chi connectivity index (χ4n) is 3.15. The van der Waals surface area contributed by atoms with E-state index in [1.165, 1.54) is 0 Å². The van der Waals surface area contributed by atoms with Crippen LogP contribution in [0.5, 0.6) is 5.75 Å². The van der Waals surface area contributed by atoms with Gasteiger partial charge < -0.3 is 19.1 Å². The Morgan fingerprint density at radius 2 is 1.90 bits per heavy atom.